The Morgan fingerprint density at radius 3 is 2.62 bits per heavy atom. The Balaban J connectivity index is 1.64. The Hall–Kier alpha value is -1.96. The van der Waals surface area contributed by atoms with E-state index < -0.39 is 27.4 Å². The lowest BCUT2D eigenvalue weighted by Gasteiger charge is -2.34. The van der Waals surface area contributed by atoms with Gasteiger partial charge in [-0.1, -0.05) is 0 Å². The van der Waals surface area contributed by atoms with Gasteiger partial charge in [-0.25, -0.2) is 12.8 Å². The number of sulfonamides is 1. The largest absolute Gasteiger partial charge is 0.335 e. The van der Waals surface area contributed by atoms with Crippen molar-refractivity contribution in [3.63, 3.8) is 0 Å². The fraction of sp³-hybridized carbons (Fsp3) is 0.556. The van der Waals surface area contributed by atoms with Gasteiger partial charge in [0.1, 0.15) is 18.1 Å². The number of amides is 1. The molecule has 1 unspecified atom stereocenters. The molecule has 26 heavy (non-hydrogen) atoms. The minimum atomic E-state index is -3.95. The number of nitrogens with zero attached hydrogens (tertiary/aromatic N) is 2. The molecule has 0 spiro atoms. The Bertz CT molecular complexity index is 877. The number of Topliss-reactive ketones (excluding diaryl/α,β-unsaturated/α-hetero) is 1. The zero-order chi connectivity index (χ0) is 18.6. The lowest BCUT2D eigenvalue weighted by molar-refractivity contribution is -0.132. The van der Waals surface area contributed by atoms with E-state index in [1.165, 1.54) is 6.07 Å². The summed E-state index contributed by atoms with van der Waals surface area (Å²) in [6.45, 7) is 1.67. The van der Waals surface area contributed by atoms with Gasteiger partial charge in [-0.2, -0.15) is 0 Å². The van der Waals surface area contributed by atoms with E-state index in [9.17, 15) is 22.4 Å². The Morgan fingerprint density at radius 2 is 2.00 bits per heavy atom. The molecule has 0 bridgehead atoms. The summed E-state index contributed by atoms with van der Waals surface area (Å²) in [6, 6.07) is 3.68. The van der Waals surface area contributed by atoms with Gasteiger partial charge in [-0.05, 0) is 56.7 Å². The maximum atomic E-state index is 13.5. The Labute approximate surface area is 152 Å². The van der Waals surface area contributed by atoms with Gasteiger partial charge in [0.25, 0.3) is 0 Å². The van der Waals surface area contributed by atoms with E-state index in [4.69, 9.17) is 0 Å². The highest BCUT2D eigenvalue weighted by Crippen LogP contribution is 2.40. The van der Waals surface area contributed by atoms with Crippen LogP contribution in [0.2, 0.25) is 0 Å². The topological polar surface area (TPSA) is 74.8 Å². The number of carbonyl (C=O) groups excluding carboxylic acids is 2. The van der Waals surface area contributed by atoms with Crippen molar-refractivity contribution in [1.82, 2.24) is 4.90 Å². The van der Waals surface area contributed by atoms with Gasteiger partial charge < -0.3 is 4.90 Å². The number of carbonyl (C=O) groups is 2. The highest BCUT2D eigenvalue weighted by molar-refractivity contribution is 7.93. The summed E-state index contributed by atoms with van der Waals surface area (Å²) in [5.41, 5.74) is 0.103. The molecule has 2 saturated carbocycles. The second kappa shape index (κ2) is 6.04. The number of hydrogen-bond acceptors (Lipinski definition) is 4. The van der Waals surface area contributed by atoms with Crippen LogP contribution in [0.3, 0.4) is 0 Å². The molecule has 0 N–H and O–H groups in total. The van der Waals surface area contributed by atoms with Crippen molar-refractivity contribution >= 4 is 27.4 Å². The van der Waals surface area contributed by atoms with Crippen LogP contribution in [0.5, 0.6) is 0 Å². The van der Waals surface area contributed by atoms with Crippen molar-refractivity contribution in [1.29, 1.82) is 0 Å². The van der Waals surface area contributed by atoms with Gasteiger partial charge in [0.15, 0.2) is 5.78 Å². The number of anilines is 1. The number of halogens is 1. The first kappa shape index (κ1) is 17.5. The van der Waals surface area contributed by atoms with Crippen LogP contribution in [-0.4, -0.2) is 49.4 Å². The molecular formula is C18H21FN2O4S. The first-order valence-corrected chi connectivity index (χ1v) is 10.5. The molecule has 1 atom stereocenters. The van der Waals surface area contributed by atoms with Crippen molar-refractivity contribution < 1.29 is 22.4 Å². The second-order valence-electron chi connectivity index (χ2n) is 7.46. The monoisotopic (exact) mass is 380 g/mol. The lowest BCUT2D eigenvalue weighted by atomic mass is 10.1. The molecule has 4 rings (SSSR count). The quantitative estimate of drug-likeness (QED) is 0.783. The number of fused-ring (bicyclic) bond motifs is 1. The summed E-state index contributed by atoms with van der Waals surface area (Å²) in [7, 11) is -3.95. The van der Waals surface area contributed by atoms with E-state index in [1.807, 2.05) is 11.8 Å². The van der Waals surface area contributed by atoms with Gasteiger partial charge >= 0.3 is 0 Å². The van der Waals surface area contributed by atoms with Crippen molar-refractivity contribution in [2.24, 2.45) is 5.92 Å². The van der Waals surface area contributed by atoms with Crippen LogP contribution in [0.15, 0.2) is 18.2 Å². The molecule has 1 aromatic rings. The molecule has 0 saturated heterocycles. The maximum absolute atomic E-state index is 13.5. The fourth-order valence-electron chi connectivity index (χ4n) is 3.73. The van der Waals surface area contributed by atoms with Crippen LogP contribution in [0, 0.1) is 11.7 Å². The van der Waals surface area contributed by atoms with Crippen molar-refractivity contribution in [3.8, 4) is 0 Å². The Kier molecular flexibility index (Phi) is 4.06. The second-order valence-corrected chi connectivity index (χ2v) is 9.35. The SMILES string of the molecule is CC(C1CC1)N(C(=O)CN1c2ccc(F)cc2C(=O)CS1(=O)=O)C1CC1. The molecule has 6 nitrogen and oxygen atoms in total. The third-order valence-electron chi connectivity index (χ3n) is 5.43. The predicted octanol–water partition coefficient (Wildman–Crippen LogP) is 1.95. The highest BCUT2D eigenvalue weighted by atomic mass is 32.2. The summed E-state index contributed by atoms with van der Waals surface area (Å²) in [4.78, 5) is 26.9. The van der Waals surface area contributed by atoms with E-state index in [-0.39, 0.29) is 35.8 Å². The summed E-state index contributed by atoms with van der Waals surface area (Å²) in [5, 5.41) is 0. The van der Waals surface area contributed by atoms with Crippen molar-refractivity contribution in [2.75, 3.05) is 16.6 Å². The minimum absolute atomic E-state index is 0.0147. The maximum Gasteiger partial charge on any atom is 0.243 e. The molecule has 1 aromatic carbocycles. The molecule has 1 amide bonds. The summed E-state index contributed by atoms with van der Waals surface area (Å²) in [5.74, 6) is -1.75. The number of ketones is 1. The van der Waals surface area contributed by atoms with Crippen LogP contribution in [-0.2, 0) is 14.8 Å². The molecule has 1 heterocycles. The number of hydrogen-bond donors (Lipinski definition) is 0. The third kappa shape index (κ3) is 3.11. The van der Waals surface area contributed by atoms with Gasteiger partial charge in [-0.3, -0.25) is 13.9 Å². The Morgan fingerprint density at radius 1 is 1.31 bits per heavy atom. The van der Waals surface area contributed by atoms with Crippen LogP contribution in [0.1, 0.15) is 43.0 Å². The molecule has 0 aromatic heterocycles. The minimum Gasteiger partial charge on any atom is -0.335 e. The van der Waals surface area contributed by atoms with Crippen LogP contribution < -0.4 is 4.31 Å². The van der Waals surface area contributed by atoms with Gasteiger partial charge in [0, 0.05) is 17.6 Å². The average Bonchev–Trinajstić information content (AvgIpc) is 3.44. The molecule has 3 aliphatic rings. The van der Waals surface area contributed by atoms with Crippen molar-refractivity contribution in [3.05, 3.63) is 29.6 Å². The van der Waals surface area contributed by atoms with Gasteiger partial charge in [-0.15, -0.1) is 0 Å². The molecule has 2 aliphatic carbocycles. The summed E-state index contributed by atoms with van der Waals surface area (Å²) >= 11 is 0. The summed E-state index contributed by atoms with van der Waals surface area (Å²) in [6.07, 6.45) is 4.07. The zero-order valence-corrected chi connectivity index (χ0v) is 15.3. The third-order valence-corrected chi connectivity index (χ3v) is 7.05. The van der Waals surface area contributed by atoms with E-state index in [1.54, 1.807) is 0 Å². The highest BCUT2D eigenvalue weighted by Gasteiger charge is 2.44. The first-order valence-electron chi connectivity index (χ1n) is 8.92. The normalized spacial score (nSPS) is 22.7. The standard InChI is InChI=1S/C18H21FN2O4S/c1-11(12-2-3-12)21(14-5-6-14)18(23)9-20-16-7-4-13(19)8-15(16)17(22)10-26(20,24)25/h4,7-8,11-12,14H,2-3,5-6,9-10H2,1H3. The molecule has 8 heteroatoms. The van der Waals surface area contributed by atoms with E-state index in [2.05, 4.69) is 0 Å². The molecular weight excluding hydrogens is 359 g/mol. The van der Waals surface area contributed by atoms with E-state index >= 15 is 0 Å². The van der Waals surface area contributed by atoms with Crippen LogP contribution in [0.25, 0.3) is 0 Å². The summed E-state index contributed by atoms with van der Waals surface area (Å²) < 4.78 is 39.6. The van der Waals surface area contributed by atoms with Crippen LogP contribution >= 0.6 is 0 Å². The predicted molar refractivity (Wildman–Crippen MR) is 93.9 cm³/mol. The number of benzene rings is 1. The molecule has 1 aliphatic heterocycles. The van der Waals surface area contributed by atoms with Crippen molar-refractivity contribution in [2.45, 2.75) is 44.7 Å². The average molecular weight is 380 g/mol. The molecule has 0 radical (unpaired) electrons. The fourth-order valence-corrected chi connectivity index (χ4v) is 5.14. The molecule has 2 fully saturated rings. The van der Waals surface area contributed by atoms with Gasteiger partial charge in [0.2, 0.25) is 15.9 Å². The van der Waals surface area contributed by atoms with Gasteiger partial charge in [0.05, 0.1) is 5.69 Å². The lowest BCUT2D eigenvalue weighted by Crippen LogP contribution is -2.50. The number of rotatable bonds is 5. The van der Waals surface area contributed by atoms with E-state index in [0.717, 1.165) is 42.1 Å². The smallest absolute Gasteiger partial charge is 0.243 e. The first-order chi connectivity index (χ1) is 12.3. The zero-order valence-electron chi connectivity index (χ0n) is 14.5. The molecule has 140 valence electrons. The van der Waals surface area contributed by atoms with E-state index in [0.29, 0.717) is 5.92 Å². The van der Waals surface area contributed by atoms with Crippen LogP contribution in [0.4, 0.5) is 10.1 Å².